The fourth-order valence-corrected chi connectivity index (χ4v) is 9.54. The molecule has 6 amide bonds. The average Bonchev–Trinajstić information content (AvgIpc) is 4.00. The predicted octanol–water partition coefficient (Wildman–Crippen LogP) is 2.76. The normalized spacial score (nSPS) is 30.4. The number of sulfonamides is 1. The minimum atomic E-state index is -3.88. The minimum absolute atomic E-state index is 0.0205. The number of carbonyl (C=O) groups is 5. The lowest BCUT2D eigenvalue weighted by atomic mass is 10.0. The minimum Gasteiger partial charge on any atom is -0.444 e. The molecule has 0 radical (unpaired) electrons. The summed E-state index contributed by atoms with van der Waals surface area (Å²) in [7, 11) is -3.88. The van der Waals surface area contributed by atoms with Crippen molar-refractivity contribution in [2.24, 2.45) is 5.92 Å². The number of nitrogens with one attached hydrogen (secondary N) is 4. The van der Waals surface area contributed by atoms with Gasteiger partial charge in [0, 0.05) is 31.5 Å². The fourth-order valence-electron chi connectivity index (χ4n) is 8.17. The number of allylic oxidation sites excluding steroid dienone is 1. The second-order valence-corrected chi connectivity index (χ2v) is 17.3. The Hall–Kier alpha value is -4.14. The first-order chi connectivity index (χ1) is 25.0. The van der Waals surface area contributed by atoms with E-state index in [0.29, 0.717) is 51.6 Å². The molecule has 282 valence electrons. The van der Waals surface area contributed by atoms with Gasteiger partial charge in [0.1, 0.15) is 23.7 Å². The van der Waals surface area contributed by atoms with Gasteiger partial charge in [-0.15, -0.1) is 0 Å². The van der Waals surface area contributed by atoms with Gasteiger partial charge in [0.15, 0.2) is 0 Å². The Bertz CT molecular complexity index is 1710. The molecule has 4 N–H and O–H groups in total. The average molecular weight is 739 g/mol. The van der Waals surface area contributed by atoms with Gasteiger partial charge < -0.3 is 30.5 Å². The van der Waals surface area contributed by atoms with Gasteiger partial charge in [0.2, 0.25) is 21.8 Å². The van der Waals surface area contributed by atoms with Crippen LogP contribution in [0.15, 0.2) is 36.4 Å². The number of carbonyl (C=O) groups excluding carboxylic acids is 5. The molecule has 5 atom stereocenters. The maximum atomic E-state index is 14.4. The molecular weight excluding hydrogens is 689 g/mol. The van der Waals surface area contributed by atoms with Gasteiger partial charge in [0.25, 0.3) is 5.91 Å². The van der Waals surface area contributed by atoms with Crippen molar-refractivity contribution in [1.82, 2.24) is 30.5 Å². The van der Waals surface area contributed by atoms with Crippen molar-refractivity contribution in [3.63, 3.8) is 0 Å². The van der Waals surface area contributed by atoms with Crippen LogP contribution in [0.1, 0.15) is 94.6 Å². The summed E-state index contributed by atoms with van der Waals surface area (Å²) < 4.78 is 33.7. The number of amides is 6. The summed E-state index contributed by atoms with van der Waals surface area (Å²) in [6.07, 6.45) is 11.4. The third-order valence-electron chi connectivity index (χ3n) is 11.5. The molecule has 6 aliphatic rings. The van der Waals surface area contributed by atoms with Crippen LogP contribution in [0.4, 0.5) is 9.59 Å². The second kappa shape index (κ2) is 15.1. The molecule has 3 aliphatic heterocycles. The van der Waals surface area contributed by atoms with E-state index in [1.807, 2.05) is 36.4 Å². The van der Waals surface area contributed by atoms with Crippen molar-refractivity contribution < 1.29 is 37.1 Å². The van der Waals surface area contributed by atoms with E-state index in [9.17, 15) is 32.4 Å². The molecule has 1 saturated heterocycles. The zero-order valence-electron chi connectivity index (χ0n) is 29.5. The van der Waals surface area contributed by atoms with Gasteiger partial charge >= 0.3 is 12.1 Å². The Labute approximate surface area is 304 Å². The van der Waals surface area contributed by atoms with Crippen LogP contribution in [0.2, 0.25) is 0 Å². The highest BCUT2D eigenvalue weighted by Gasteiger charge is 2.62. The molecule has 1 aromatic rings. The van der Waals surface area contributed by atoms with E-state index >= 15 is 0 Å². The number of rotatable bonds is 6. The summed E-state index contributed by atoms with van der Waals surface area (Å²) in [4.78, 5) is 71.9. The summed E-state index contributed by atoms with van der Waals surface area (Å²) >= 11 is 0. The van der Waals surface area contributed by atoms with Crippen LogP contribution in [0, 0.1) is 5.92 Å². The molecule has 0 aromatic heterocycles. The van der Waals surface area contributed by atoms with Crippen molar-refractivity contribution in [3.05, 3.63) is 47.5 Å². The standard InChI is InChI=1S/C37H50N6O8S/c44-32-31-20-28(51-36(48)42-19-18-24-10-6-7-11-25(24)22-42)23-43(31)33(45)30(39-35(47)38-27-13-8-9-14-27)15-5-3-1-2-4-12-26-21-37(26,40-32)34(46)41-52(49,50)29-16-17-29/h4,6-7,10-12,26-31H,1-3,5,8-9,13-23H2,(H,40,44)(H,41,46)(H2,38,39,47)/b12-4+/t26-,28-,30+,31+,37-/m1/s1. The summed E-state index contributed by atoms with van der Waals surface area (Å²) in [5.74, 6) is -2.33. The molecule has 0 bridgehead atoms. The third kappa shape index (κ3) is 8.08. The third-order valence-corrected chi connectivity index (χ3v) is 13.3. The van der Waals surface area contributed by atoms with Gasteiger partial charge in [-0.1, -0.05) is 62.1 Å². The maximum absolute atomic E-state index is 14.4. The molecule has 52 heavy (non-hydrogen) atoms. The number of ether oxygens (including phenoxy) is 1. The van der Waals surface area contributed by atoms with E-state index < -0.39 is 74.8 Å². The molecular formula is C37H50N6O8S. The van der Waals surface area contributed by atoms with Gasteiger partial charge in [-0.3, -0.25) is 19.1 Å². The molecule has 0 unspecified atom stereocenters. The first-order valence-corrected chi connectivity index (χ1v) is 20.5. The highest BCUT2D eigenvalue weighted by Crippen LogP contribution is 2.46. The lowest BCUT2D eigenvalue weighted by Gasteiger charge is -2.30. The van der Waals surface area contributed by atoms with E-state index in [1.165, 1.54) is 10.5 Å². The highest BCUT2D eigenvalue weighted by atomic mass is 32.2. The quantitative estimate of drug-likeness (QED) is 0.322. The molecule has 7 rings (SSSR count). The van der Waals surface area contributed by atoms with Crippen molar-refractivity contribution in [2.45, 2.75) is 131 Å². The summed E-state index contributed by atoms with van der Waals surface area (Å²) in [6.45, 7) is 0.772. The SMILES string of the molecule is O=C(NC1CCCC1)N[C@H]1CCCCC/C=C/[C@@H]2C[C@@]2(C(=O)NS(=O)(=O)C2CC2)NC(=O)[C@@H]2C[C@@H](OC(=O)N3CCc4ccccc4C3)CN2C1=O. The van der Waals surface area contributed by atoms with Crippen molar-refractivity contribution in [2.75, 3.05) is 13.1 Å². The monoisotopic (exact) mass is 738 g/mol. The van der Waals surface area contributed by atoms with Crippen molar-refractivity contribution >= 4 is 39.9 Å². The number of fused-ring (bicyclic) bond motifs is 3. The molecule has 1 aromatic carbocycles. The number of urea groups is 1. The second-order valence-electron chi connectivity index (χ2n) is 15.4. The first kappa shape index (κ1) is 36.2. The molecule has 15 heteroatoms. The van der Waals surface area contributed by atoms with Crippen LogP contribution in [0.5, 0.6) is 0 Å². The first-order valence-electron chi connectivity index (χ1n) is 19.0. The van der Waals surface area contributed by atoms with E-state index in [-0.39, 0.29) is 25.4 Å². The Balaban J connectivity index is 1.12. The largest absolute Gasteiger partial charge is 0.444 e. The topological polar surface area (TPSA) is 183 Å². The van der Waals surface area contributed by atoms with E-state index in [4.69, 9.17) is 4.74 Å². The van der Waals surface area contributed by atoms with Crippen LogP contribution in [-0.4, -0.2) is 96.2 Å². The van der Waals surface area contributed by atoms with Crippen LogP contribution in [-0.2, 0) is 42.1 Å². The zero-order valence-corrected chi connectivity index (χ0v) is 30.3. The zero-order chi connectivity index (χ0) is 36.5. The van der Waals surface area contributed by atoms with Crippen molar-refractivity contribution in [3.8, 4) is 0 Å². The summed E-state index contributed by atoms with van der Waals surface area (Å²) in [5.41, 5.74) is 0.704. The fraction of sp³-hybridized carbons (Fsp3) is 0.649. The molecule has 14 nitrogen and oxygen atoms in total. The highest BCUT2D eigenvalue weighted by molar-refractivity contribution is 7.91. The number of hydrogen-bond donors (Lipinski definition) is 4. The van der Waals surface area contributed by atoms with Crippen molar-refractivity contribution in [1.29, 1.82) is 0 Å². The molecule has 0 spiro atoms. The number of benzene rings is 1. The van der Waals surface area contributed by atoms with Crippen LogP contribution >= 0.6 is 0 Å². The van der Waals surface area contributed by atoms with E-state index in [0.717, 1.165) is 44.1 Å². The maximum Gasteiger partial charge on any atom is 0.410 e. The van der Waals surface area contributed by atoms with Gasteiger partial charge in [-0.25, -0.2) is 18.0 Å². The van der Waals surface area contributed by atoms with Crippen LogP contribution < -0.4 is 20.7 Å². The smallest absolute Gasteiger partial charge is 0.410 e. The Morgan fingerprint density at radius 1 is 0.923 bits per heavy atom. The Morgan fingerprint density at radius 3 is 2.44 bits per heavy atom. The molecule has 4 fully saturated rings. The van der Waals surface area contributed by atoms with Gasteiger partial charge in [0.05, 0.1) is 11.8 Å². The number of nitrogens with zero attached hydrogens (tertiary/aromatic N) is 2. The van der Waals surface area contributed by atoms with Gasteiger partial charge in [-0.05, 0) is 68.9 Å². The molecule has 3 heterocycles. The number of hydrogen-bond acceptors (Lipinski definition) is 8. The Morgan fingerprint density at radius 2 is 1.67 bits per heavy atom. The Kier molecular flexibility index (Phi) is 10.5. The predicted molar refractivity (Wildman–Crippen MR) is 190 cm³/mol. The van der Waals surface area contributed by atoms with Gasteiger partial charge in [-0.2, -0.15) is 0 Å². The van der Waals surface area contributed by atoms with E-state index in [2.05, 4.69) is 20.7 Å². The van der Waals surface area contributed by atoms with Crippen LogP contribution in [0.25, 0.3) is 0 Å². The molecule has 3 aliphatic carbocycles. The summed E-state index contributed by atoms with van der Waals surface area (Å²) in [5, 5.41) is 8.10. The lowest BCUT2D eigenvalue weighted by molar-refractivity contribution is -0.141. The lowest BCUT2D eigenvalue weighted by Crippen LogP contribution is -2.59. The van der Waals surface area contributed by atoms with Crippen LogP contribution in [0.3, 0.4) is 0 Å². The van der Waals surface area contributed by atoms with E-state index in [1.54, 1.807) is 4.90 Å². The molecule has 3 saturated carbocycles. The summed E-state index contributed by atoms with van der Waals surface area (Å²) in [6, 6.07) is 5.45.